The van der Waals surface area contributed by atoms with Crippen LogP contribution >= 0.6 is 0 Å². The zero-order valence-electron chi connectivity index (χ0n) is 21.7. The largest absolute Gasteiger partial charge is 0.497 e. The second-order valence-electron chi connectivity index (χ2n) is 9.06. The van der Waals surface area contributed by atoms with E-state index in [0.29, 0.717) is 43.6 Å². The monoisotopic (exact) mass is 533 g/mol. The summed E-state index contributed by atoms with van der Waals surface area (Å²) in [7, 11) is -0.384. The van der Waals surface area contributed by atoms with Gasteiger partial charge in [-0.05, 0) is 55.5 Å². The van der Waals surface area contributed by atoms with E-state index in [0.717, 1.165) is 22.3 Å². The topological polar surface area (TPSA) is 96.9 Å². The number of nitrogens with zero attached hydrogens (tertiary/aromatic N) is 4. The summed E-state index contributed by atoms with van der Waals surface area (Å²) in [6.07, 6.45) is 0. The number of aromatic nitrogens is 2. The first-order valence-corrected chi connectivity index (χ1v) is 13.9. The average Bonchev–Trinajstić information content (AvgIpc) is 2.97. The summed E-state index contributed by atoms with van der Waals surface area (Å²) >= 11 is 0. The van der Waals surface area contributed by atoms with Crippen molar-refractivity contribution in [2.75, 3.05) is 45.7 Å². The van der Waals surface area contributed by atoms with E-state index < -0.39 is 10.0 Å². The van der Waals surface area contributed by atoms with Crippen molar-refractivity contribution < 1.29 is 17.9 Å². The van der Waals surface area contributed by atoms with Gasteiger partial charge in [-0.1, -0.05) is 24.3 Å². The number of para-hydroxylation sites is 3. The normalized spacial score (nSPS) is 15.8. The Bertz CT molecular complexity index is 1520. The van der Waals surface area contributed by atoms with Crippen molar-refractivity contribution >= 4 is 32.4 Å². The van der Waals surface area contributed by atoms with E-state index in [1.54, 1.807) is 38.5 Å². The summed E-state index contributed by atoms with van der Waals surface area (Å²) in [5.41, 5.74) is 1.65. The number of sulfonamides is 1. The standard InChI is InChI=1S/C28H31N5O4S/c1-20(32-16-18-33(19-17-32)38(34,35)22-14-12-21(36-2)13-15-22)27-29-24-9-5-4-8-23(24)28(31-27)30-25-10-6-7-11-26(25)37-3/h4-15,20H,16-19H2,1-3H3,(H,29,30,31)/t20-/m1/s1. The molecule has 5 rings (SSSR count). The lowest BCUT2D eigenvalue weighted by atomic mass is 10.2. The number of rotatable bonds is 8. The Labute approximate surface area is 223 Å². The van der Waals surface area contributed by atoms with Crippen LogP contribution in [0.4, 0.5) is 11.5 Å². The van der Waals surface area contributed by atoms with Crippen LogP contribution < -0.4 is 14.8 Å². The number of benzene rings is 3. The van der Waals surface area contributed by atoms with Gasteiger partial charge in [0.05, 0.1) is 36.4 Å². The minimum atomic E-state index is -3.58. The van der Waals surface area contributed by atoms with E-state index in [1.807, 2.05) is 48.5 Å². The van der Waals surface area contributed by atoms with Crippen LogP contribution in [0.15, 0.2) is 77.7 Å². The molecule has 3 aromatic carbocycles. The molecule has 1 saturated heterocycles. The molecule has 2 heterocycles. The summed E-state index contributed by atoms with van der Waals surface area (Å²) in [5, 5.41) is 4.33. The van der Waals surface area contributed by atoms with Crippen LogP contribution in [0.2, 0.25) is 0 Å². The van der Waals surface area contributed by atoms with Gasteiger partial charge in [-0.2, -0.15) is 4.31 Å². The number of hydrogen-bond acceptors (Lipinski definition) is 8. The maximum atomic E-state index is 13.2. The molecule has 0 aliphatic carbocycles. The van der Waals surface area contributed by atoms with Gasteiger partial charge in [-0.15, -0.1) is 0 Å². The van der Waals surface area contributed by atoms with Crippen molar-refractivity contribution in [3.05, 3.63) is 78.6 Å². The number of piperazine rings is 1. The molecule has 10 heteroatoms. The maximum Gasteiger partial charge on any atom is 0.243 e. The van der Waals surface area contributed by atoms with Crippen LogP contribution in [-0.4, -0.2) is 68.0 Å². The van der Waals surface area contributed by atoms with Gasteiger partial charge in [0.1, 0.15) is 23.1 Å². The van der Waals surface area contributed by atoms with Crippen molar-refractivity contribution in [1.29, 1.82) is 0 Å². The number of ether oxygens (including phenoxy) is 2. The molecular weight excluding hydrogens is 502 g/mol. The molecule has 1 fully saturated rings. The first kappa shape index (κ1) is 25.9. The van der Waals surface area contributed by atoms with Gasteiger partial charge in [0, 0.05) is 31.6 Å². The zero-order chi connectivity index (χ0) is 26.7. The highest BCUT2D eigenvalue weighted by Crippen LogP contribution is 2.31. The van der Waals surface area contributed by atoms with Gasteiger partial charge in [0.15, 0.2) is 0 Å². The first-order chi connectivity index (χ1) is 18.4. The van der Waals surface area contributed by atoms with Gasteiger partial charge >= 0.3 is 0 Å². The third kappa shape index (κ3) is 5.15. The third-order valence-electron chi connectivity index (χ3n) is 6.87. The molecule has 0 spiro atoms. The second kappa shape index (κ2) is 10.9. The van der Waals surface area contributed by atoms with Crippen LogP contribution in [0.1, 0.15) is 18.8 Å². The summed E-state index contributed by atoms with van der Waals surface area (Å²) in [5.74, 6) is 2.71. The molecule has 0 radical (unpaired) electrons. The van der Waals surface area contributed by atoms with Gasteiger partial charge in [-0.3, -0.25) is 4.90 Å². The Morgan fingerprint density at radius 1 is 0.842 bits per heavy atom. The summed E-state index contributed by atoms with van der Waals surface area (Å²) in [6.45, 7) is 3.98. The van der Waals surface area contributed by atoms with Crippen molar-refractivity contribution in [3.63, 3.8) is 0 Å². The molecule has 0 amide bonds. The van der Waals surface area contributed by atoms with E-state index in [-0.39, 0.29) is 10.9 Å². The van der Waals surface area contributed by atoms with Crippen molar-refractivity contribution in [2.45, 2.75) is 17.9 Å². The fraction of sp³-hybridized carbons (Fsp3) is 0.286. The first-order valence-electron chi connectivity index (χ1n) is 12.5. The number of methoxy groups -OCH3 is 2. The lowest BCUT2D eigenvalue weighted by Gasteiger charge is -2.36. The molecular formula is C28H31N5O4S. The van der Waals surface area contributed by atoms with Crippen LogP contribution in [-0.2, 0) is 10.0 Å². The number of hydrogen-bond donors (Lipinski definition) is 1. The molecule has 9 nitrogen and oxygen atoms in total. The Balaban J connectivity index is 1.36. The highest BCUT2D eigenvalue weighted by molar-refractivity contribution is 7.89. The maximum absolute atomic E-state index is 13.2. The molecule has 1 N–H and O–H groups in total. The number of nitrogens with one attached hydrogen (secondary N) is 1. The quantitative estimate of drug-likeness (QED) is 0.355. The van der Waals surface area contributed by atoms with Crippen molar-refractivity contribution in [1.82, 2.24) is 19.2 Å². The van der Waals surface area contributed by atoms with Crippen molar-refractivity contribution in [3.8, 4) is 11.5 Å². The lowest BCUT2D eigenvalue weighted by Crippen LogP contribution is -2.49. The number of fused-ring (bicyclic) bond motifs is 1. The zero-order valence-corrected chi connectivity index (χ0v) is 22.5. The van der Waals surface area contributed by atoms with Gasteiger partial charge in [-0.25, -0.2) is 18.4 Å². The SMILES string of the molecule is COc1ccc(S(=O)(=O)N2CCN([C@H](C)c3nc(Nc4ccccc4OC)c4ccccc4n3)CC2)cc1. The Hall–Kier alpha value is -3.73. The summed E-state index contributed by atoms with van der Waals surface area (Å²) in [6, 6.07) is 22.0. The summed E-state index contributed by atoms with van der Waals surface area (Å²) < 4.78 is 38.5. The molecule has 1 atom stereocenters. The molecule has 1 aliphatic rings. The van der Waals surface area contributed by atoms with Crippen molar-refractivity contribution in [2.24, 2.45) is 0 Å². The number of anilines is 2. The van der Waals surface area contributed by atoms with Crippen LogP contribution in [0, 0.1) is 0 Å². The Morgan fingerprint density at radius 2 is 1.53 bits per heavy atom. The van der Waals surface area contributed by atoms with Crippen LogP contribution in [0.5, 0.6) is 11.5 Å². The molecule has 38 heavy (non-hydrogen) atoms. The molecule has 198 valence electrons. The Morgan fingerprint density at radius 3 is 2.24 bits per heavy atom. The second-order valence-corrected chi connectivity index (χ2v) is 11.0. The fourth-order valence-electron chi connectivity index (χ4n) is 4.64. The van der Waals surface area contributed by atoms with E-state index >= 15 is 0 Å². The van der Waals surface area contributed by atoms with Gasteiger partial charge in [0.25, 0.3) is 0 Å². The van der Waals surface area contributed by atoms with E-state index in [4.69, 9.17) is 19.4 Å². The van der Waals surface area contributed by atoms with E-state index in [9.17, 15) is 8.42 Å². The molecule has 0 bridgehead atoms. The predicted octanol–water partition coefficient (Wildman–Crippen LogP) is 4.46. The molecule has 4 aromatic rings. The molecule has 1 aromatic heterocycles. The van der Waals surface area contributed by atoms with E-state index in [2.05, 4.69) is 17.1 Å². The minimum absolute atomic E-state index is 0.108. The lowest BCUT2D eigenvalue weighted by molar-refractivity contribution is 0.141. The van der Waals surface area contributed by atoms with Gasteiger partial charge in [0.2, 0.25) is 10.0 Å². The highest BCUT2D eigenvalue weighted by atomic mass is 32.2. The van der Waals surface area contributed by atoms with E-state index in [1.165, 1.54) is 4.31 Å². The smallest absolute Gasteiger partial charge is 0.243 e. The molecule has 0 saturated carbocycles. The van der Waals surface area contributed by atoms with Gasteiger partial charge < -0.3 is 14.8 Å². The highest BCUT2D eigenvalue weighted by Gasteiger charge is 2.31. The molecule has 1 aliphatic heterocycles. The average molecular weight is 534 g/mol. The third-order valence-corrected chi connectivity index (χ3v) is 8.79. The summed E-state index contributed by atoms with van der Waals surface area (Å²) in [4.78, 5) is 12.3. The molecule has 0 unspecified atom stereocenters. The predicted molar refractivity (Wildman–Crippen MR) is 148 cm³/mol. The van der Waals surface area contributed by atoms with Crippen LogP contribution in [0.25, 0.3) is 10.9 Å². The van der Waals surface area contributed by atoms with Crippen LogP contribution in [0.3, 0.4) is 0 Å². The fourth-order valence-corrected chi connectivity index (χ4v) is 6.07. The Kier molecular flexibility index (Phi) is 7.46. The minimum Gasteiger partial charge on any atom is -0.497 e.